The van der Waals surface area contributed by atoms with Crippen molar-refractivity contribution in [3.05, 3.63) is 134 Å². The molecule has 320 valence electrons. The molecule has 17 heteroatoms. The van der Waals surface area contributed by atoms with Gasteiger partial charge in [-0.05, 0) is 105 Å². The van der Waals surface area contributed by atoms with Gasteiger partial charge in [0.15, 0.2) is 5.82 Å². The number of hydrogen-bond donors (Lipinski definition) is 1. The van der Waals surface area contributed by atoms with Crippen LogP contribution in [0.1, 0.15) is 64.9 Å². The summed E-state index contributed by atoms with van der Waals surface area (Å²) in [5.41, 5.74) is 5.67. The average molecular weight is 850 g/mol. The molecular formula is C46H44FN11O5. The van der Waals surface area contributed by atoms with Crippen LogP contribution in [-0.4, -0.2) is 86.1 Å². The molecule has 1 saturated heterocycles. The smallest absolute Gasteiger partial charge is 0.371 e. The van der Waals surface area contributed by atoms with Crippen molar-refractivity contribution in [2.24, 2.45) is 13.0 Å². The number of fused-ring (bicyclic) bond motifs is 3. The molecule has 1 spiro atoms. The summed E-state index contributed by atoms with van der Waals surface area (Å²) < 4.78 is 34.9. The molecule has 1 N–H and O–H groups in total. The van der Waals surface area contributed by atoms with Crippen LogP contribution in [0.2, 0.25) is 0 Å². The molecule has 7 heterocycles. The van der Waals surface area contributed by atoms with Crippen molar-refractivity contribution in [1.29, 1.82) is 0 Å². The zero-order chi connectivity index (χ0) is 43.1. The SMILES string of the molecule is Cc1cc(-n2nc3c(c2-n2ccn(-c4ccc5c(cnn5C)c4)c2=O)CN(C(=O)c2cc4cc(N5CCOC6(CC6)C5)ccc4n2[C@@]2(c4noc(=O)[nH]4)C[C@@H]2C)CC3)cc(C)c1F. The highest BCUT2D eigenvalue weighted by Crippen LogP contribution is 2.56. The van der Waals surface area contributed by atoms with E-state index in [1.165, 1.54) is 0 Å². The molecule has 63 heavy (non-hydrogen) atoms. The number of halogens is 1. The number of ether oxygens (including phenoxy) is 1. The van der Waals surface area contributed by atoms with Gasteiger partial charge in [-0.1, -0.05) is 12.1 Å². The largest absolute Gasteiger partial charge is 0.438 e. The number of hydrogen-bond acceptors (Lipinski definition) is 9. The first-order valence-corrected chi connectivity index (χ1v) is 21.4. The van der Waals surface area contributed by atoms with Gasteiger partial charge in [0.2, 0.25) is 0 Å². The van der Waals surface area contributed by atoms with Crippen LogP contribution < -0.4 is 16.3 Å². The standard InChI is InChI=1S/C46H44FN11O5/c1-26-17-33(18-27(2)39(26)47)58-40(56-14-13-55(44(56)61)32-6-7-36-30(20-32)23-48-52(36)4)34-24-53(12-9-35(34)50-58)41(59)38-21-29-19-31(54-15-16-62-45(25-54)10-11-45)5-8-37(29)57(38)46(22-28(46)3)42-49-43(60)63-51-42/h5-8,13-14,17-21,23,28H,9-12,15-16,22,24-25H2,1-4H3,(H,49,51,60)/t28-,46-/m0/s1. The van der Waals surface area contributed by atoms with E-state index < -0.39 is 11.3 Å². The number of morpholine rings is 1. The number of benzene rings is 3. The summed E-state index contributed by atoms with van der Waals surface area (Å²) in [4.78, 5) is 49.3. The summed E-state index contributed by atoms with van der Waals surface area (Å²) in [6.07, 6.45) is 8.35. The van der Waals surface area contributed by atoms with E-state index in [1.807, 2.05) is 35.9 Å². The lowest BCUT2D eigenvalue weighted by Gasteiger charge is -2.35. The fourth-order valence-electron chi connectivity index (χ4n) is 10.3. The van der Waals surface area contributed by atoms with Gasteiger partial charge in [0.1, 0.15) is 22.9 Å². The van der Waals surface area contributed by atoms with E-state index in [-0.39, 0.29) is 35.5 Å². The van der Waals surface area contributed by atoms with Crippen LogP contribution in [0.5, 0.6) is 0 Å². The van der Waals surface area contributed by atoms with Crippen LogP contribution in [0.3, 0.4) is 0 Å². The number of aromatic nitrogens is 9. The summed E-state index contributed by atoms with van der Waals surface area (Å²) in [7, 11) is 1.87. The number of aryl methyl sites for hydroxylation is 3. The average Bonchev–Trinajstić information content (AvgIpc) is 3.70. The highest BCUT2D eigenvalue weighted by molar-refractivity contribution is 6.00. The normalized spacial score (nSPS) is 20.3. The highest BCUT2D eigenvalue weighted by Gasteiger charge is 2.59. The number of rotatable bonds is 7. The molecule has 1 amide bonds. The summed E-state index contributed by atoms with van der Waals surface area (Å²) in [6.45, 7) is 8.26. The van der Waals surface area contributed by atoms with Crippen LogP contribution in [0.4, 0.5) is 10.1 Å². The quantitative estimate of drug-likeness (QED) is 0.221. The topological polar surface area (TPSA) is 159 Å². The minimum atomic E-state index is -0.818. The number of imidazole rings is 1. The summed E-state index contributed by atoms with van der Waals surface area (Å²) in [5, 5.41) is 15.4. The zero-order valence-electron chi connectivity index (χ0n) is 35.3. The monoisotopic (exact) mass is 849 g/mol. The molecule has 0 unspecified atom stereocenters. The van der Waals surface area contributed by atoms with E-state index >= 15 is 9.18 Å². The lowest BCUT2D eigenvalue weighted by Crippen LogP contribution is -2.43. The van der Waals surface area contributed by atoms with Gasteiger partial charge in [0, 0.05) is 73.0 Å². The molecule has 2 atom stereocenters. The van der Waals surface area contributed by atoms with E-state index in [9.17, 15) is 9.59 Å². The van der Waals surface area contributed by atoms with Crippen molar-refractivity contribution in [2.75, 3.05) is 31.1 Å². The molecule has 3 fully saturated rings. The second kappa shape index (κ2) is 13.2. The minimum Gasteiger partial charge on any atom is -0.371 e. The molecule has 4 aliphatic rings. The molecule has 2 saturated carbocycles. The molecule has 16 nitrogen and oxygen atoms in total. The number of nitrogens with one attached hydrogen (secondary N) is 1. The van der Waals surface area contributed by atoms with Gasteiger partial charge in [-0.3, -0.25) is 28.1 Å². The molecule has 0 radical (unpaired) electrons. The van der Waals surface area contributed by atoms with Crippen molar-refractivity contribution >= 4 is 33.4 Å². The highest BCUT2D eigenvalue weighted by atomic mass is 19.1. The van der Waals surface area contributed by atoms with Gasteiger partial charge in [-0.2, -0.15) is 10.2 Å². The first-order chi connectivity index (χ1) is 30.4. The Balaban J connectivity index is 0.977. The van der Waals surface area contributed by atoms with E-state index in [2.05, 4.69) is 45.3 Å². The Bertz CT molecular complexity index is 3320. The Hall–Kier alpha value is -7.01. The Morgan fingerprint density at radius 3 is 2.41 bits per heavy atom. The predicted molar refractivity (Wildman–Crippen MR) is 231 cm³/mol. The van der Waals surface area contributed by atoms with Gasteiger partial charge in [0.25, 0.3) is 5.91 Å². The number of nitrogens with zero attached hydrogens (tertiary/aromatic N) is 10. The second-order valence-corrected chi connectivity index (χ2v) is 17.9. The fraction of sp³-hybridized carbons (Fsp3) is 0.348. The molecule has 2 aliphatic carbocycles. The van der Waals surface area contributed by atoms with Crippen molar-refractivity contribution in [3.8, 4) is 17.2 Å². The second-order valence-electron chi connectivity index (χ2n) is 17.9. The first-order valence-electron chi connectivity index (χ1n) is 21.4. The summed E-state index contributed by atoms with van der Waals surface area (Å²) in [5.74, 6) is -0.300. The van der Waals surface area contributed by atoms with Crippen molar-refractivity contribution < 1.29 is 18.4 Å². The van der Waals surface area contributed by atoms with Crippen molar-refractivity contribution in [2.45, 2.75) is 64.1 Å². The van der Waals surface area contributed by atoms with Gasteiger partial charge in [-0.25, -0.2) is 18.7 Å². The molecule has 2 aliphatic heterocycles. The number of amides is 1. The van der Waals surface area contributed by atoms with Gasteiger partial charge < -0.3 is 19.1 Å². The Kier molecular flexibility index (Phi) is 7.93. The number of carbonyl (C=O) groups is 1. The molecule has 0 bridgehead atoms. The molecular weight excluding hydrogens is 806 g/mol. The molecule has 8 aromatic rings. The third-order valence-corrected chi connectivity index (χ3v) is 13.9. The van der Waals surface area contributed by atoms with Crippen LogP contribution in [0, 0.1) is 25.6 Å². The van der Waals surface area contributed by atoms with E-state index in [0.717, 1.165) is 59.1 Å². The van der Waals surface area contributed by atoms with Gasteiger partial charge in [-0.15, -0.1) is 0 Å². The maximum Gasteiger partial charge on any atom is 0.438 e. The fourth-order valence-corrected chi connectivity index (χ4v) is 10.3. The Labute approximate surface area is 358 Å². The zero-order valence-corrected chi connectivity index (χ0v) is 35.3. The molecule has 3 aromatic carbocycles. The van der Waals surface area contributed by atoms with Crippen LogP contribution in [0.15, 0.2) is 87.3 Å². The third kappa shape index (κ3) is 5.67. The van der Waals surface area contributed by atoms with Crippen molar-refractivity contribution in [1.82, 2.24) is 48.3 Å². The van der Waals surface area contributed by atoms with E-state index in [4.69, 9.17) is 14.4 Å². The maximum atomic E-state index is 15.3. The Morgan fingerprint density at radius 1 is 0.921 bits per heavy atom. The third-order valence-electron chi connectivity index (χ3n) is 13.9. The number of H-pyrrole nitrogens is 1. The lowest BCUT2D eigenvalue weighted by atomic mass is 10.1. The maximum absolute atomic E-state index is 15.3. The van der Waals surface area contributed by atoms with Crippen LogP contribution in [-0.2, 0) is 30.3 Å². The van der Waals surface area contributed by atoms with E-state index in [1.54, 1.807) is 68.0 Å². The van der Waals surface area contributed by atoms with Crippen molar-refractivity contribution in [3.63, 3.8) is 0 Å². The predicted octanol–water partition coefficient (Wildman–Crippen LogP) is 5.44. The number of anilines is 1. The van der Waals surface area contributed by atoms with Gasteiger partial charge >= 0.3 is 11.4 Å². The minimum absolute atomic E-state index is 0.0317. The Morgan fingerprint density at radius 2 is 1.67 bits per heavy atom. The number of aromatic amines is 1. The lowest BCUT2D eigenvalue weighted by molar-refractivity contribution is 0.0206. The summed E-state index contributed by atoms with van der Waals surface area (Å²) in [6, 6.07) is 17.4. The summed E-state index contributed by atoms with van der Waals surface area (Å²) >= 11 is 0. The van der Waals surface area contributed by atoms with Crippen LogP contribution in [0.25, 0.3) is 39.0 Å². The number of carbonyl (C=O) groups excluding carboxylic acids is 1. The van der Waals surface area contributed by atoms with Gasteiger partial charge in [0.05, 0.1) is 47.5 Å². The molecule has 5 aromatic heterocycles. The van der Waals surface area contributed by atoms with Crippen LogP contribution >= 0.6 is 0 Å². The first kappa shape index (κ1) is 37.7. The molecule has 12 rings (SSSR count). The van der Waals surface area contributed by atoms with E-state index in [0.29, 0.717) is 71.4 Å².